The van der Waals surface area contributed by atoms with Gasteiger partial charge in [-0.1, -0.05) is 29.7 Å². The second-order valence-electron chi connectivity index (χ2n) is 3.95. The molecule has 1 amide bonds. The van der Waals surface area contributed by atoms with Crippen molar-refractivity contribution >= 4 is 22.8 Å². The quantitative estimate of drug-likeness (QED) is 0.652. The van der Waals surface area contributed by atoms with E-state index in [0.717, 1.165) is 16.7 Å². The average Bonchev–Trinajstić information content (AvgIpc) is 2.70. The fourth-order valence-corrected chi connectivity index (χ4v) is 2.19. The van der Waals surface area contributed by atoms with Gasteiger partial charge in [0, 0.05) is 36.8 Å². The van der Waals surface area contributed by atoms with Crippen LogP contribution in [0.4, 0.5) is 0 Å². The number of carbonyl (C=O) groups excluding carboxylic acids is 2. The summed E-state index contributed by atoms with van der Waals surface area (Å²) >= 11 is 1.28. The summed E-state index contributed by atoms with van der Waals surface area (Å²) in [5.41, 5.74) is 2.59. The lowest BCUT2D eigenvalue weighted by molar-refractivity contribution is -0.109. The summed E-state index contributed by atoms with van der Waals surface area (Å²) in [7, 11) is 0. The third-order valence-electron chi connectivity index (χ3n) is 2.56. The molecule has 2 rings (SSSR count). The van der Waals surface area contributed by atoms with Crippen LogP contribution in [-0.4, -0.2) is 16.8 Å². The molecule has 0 aliphatic carbocycles. The van der Waals surface area contributed by atoms with E-state index in [0.29, 0.717) is 18.7 Å². The molecule has 0 radical (unpaired) electrons. The van der Waals surface area contributed by atoms with Gasteiger partial charge in [-0.05, 0) is 17.7 Å². The van der Waals surface area contributed by atoms with Crippen molar-refractivity contribution in [1.82, 2.24) is 5.32 Å². The van der Waals surface area contributed by atoms with E-state index in [9.17, 15) is 9.59 Å². The summed E-state index contributed by atoms with van der Waals surface area (Å²) in [6.07, 6.45) is 0.674. The van der Waals surface area contributed by atoms with Crippen LogP contribution in [0.5, 0.6) is 0 Å². The Morgan fingerprint density at radius 2 is 2.33 bits per heavy atom. The van der Waals surface area contributed by atoms with Crippen LogP contribution in [0.1, 0.15) is 34.8 Å². The highest BCUT2D eigenvalue weighted by Gasteiger charge is 2.17. The van der Waals surface area contributed by atoms with Crippen molar-refractivity contribution in [2.24, 2.45) is 0 Å². The molecule has 0 fully saturated rings. The Labute approximate surface area is 110 Å². The molecule has 92 valence electrons. The summed E-state index contributed by atoms with van der Waals surface area (Å²) in [6.45, 7) is 2.16. The minimum atomic E-state index is -0.0271. The van der Waals surface area contributed by atoms with E-state index >= 15 is 0 Å². The number of rotatable bonds is 2. The molecule has 1 aromatic carbocycles. The number of carbonyl (C=O) groups is 2. The molecule has 0 atom stereocenters. The Kier molecular flexibility index (Phi) is 4.06. The number of thioether (sulfide) groups is 1. The zero-order chi connectivity index (χ0) is 13.0. The van der Waals surface area contributed by atoms with Gasteiger partial charge in [0.15, 0.2) is 5.12 Å². The maximum atomic E-state index is 11.5. The Morgan fingerprint density at radius 3 is 3.11 bits per heavy atom. The molecule has 4 heteroatoms. The van der Waals surface area contributed by atoms with Gasteiger partial charge in [0.05, 0.1) is 0 Å². The van der Waals surface area contributed by atoms with Gasteiger partial charge in [-0.3, -0.25) is 9.59 Å². The standard InChI is InChI=1S/C14H13NO2S/c1-10(16)18-7-3-2-4-11-5-6-12-9-15-14(17)13(12)8-11/h5-6,8H,3,7,9H2,1H3,(H,15,17). The summed E-state index contributed by atoms with van der Waals surface area (Å²) in [5, 5.41) is 2.89. The summed E-state index contributed by atoms with van der Waals surface area (Å²) in [6, 6.07) is 5.68. The predicted octanol–water partition coefficient (Wildman–Crippen LogP) is 1.95. The lowest BCUT2D eigenvalue weighted by atomic mass is 10.1. The molecule has 1 aromatic rings. The normalized spacial score (nSPS) is 12.4. The van der Waals surface area contributed by atoms with Crippen LogP contribution in [0.25, 0.3) is 0 Å². The summed E-state index contributed by atoms with van der Waals surface area (Å²) in [5.74, 6) is 6.71. The van der Waals surface area contributed by atoms with E-state index in [1.807, 2.05) is 18.2 Å². The van der Waals surface area contributed by atoms with E-state index < -0.39 is 0 Å². The van der Waals surface area contributed by atoms with Crippen LogP contribution in [-0.2, 0) is 11.3 Å². The molecule has 0 bridgehead atoms. The fraction of sp³-hybridized carbons (Fsp3) is 0.286. The number of benzene rings is 1. The third kappa shape index (κ3) is 3.14. The van der Waals surface area contributed by atoms with Crippen LogP contribution >= 0.6 is 11.8 Å². The van der Waals surface area contributed by atoms with Crippen LogP contribution < -0.4 is 5.32 Å². The number of nitrogens with one attached hydrogen (secondary N) is 1. The van der Waals surface area contributed by atoms with Gasteiger partial charge < -0.3 is 5.32 Å². The topological polar surface area (TPSA) is 46.2 Å². The van der Waals surface area contributed by atoms with E-state index in [4.69, 9.17) is 0 Å². The van der Waals surface area contributed by atoms with Gasteiger partial charge in [0.2, 0.25) is 0 Å². The van der Waals surface area contributed by atoms with Crippen molar-refractivity contribution in [3.8, 4) is 11.8 Å². The molecule has 18 heavy (non-hydrogen) atoms. The molecular weight excluding hydrogens is 246 g/mol. The van der Waals surface area contributed by atoms with Gasteiger partial charge in [-0.15, -0.1) is 0 Å². The highest BCUT2D eigenvalue weighted by molar-refractivity contribution is 8.13. The van der Waals surface area contributed by atoms with Crippen molar-refractivity contribution in [2.45, 2.75) is 19.9 Å². The van der Waals surface area contributed by atoms with Crippen molar-refractivity contribution < 1.29 is 9.59 Å². The lowest BCUT2D eigenvalue weighted by Crippen LogP contribution is -2.12. The molecule has 0 unspecified atom stereocenters. The minimum absolute atomic E-state index is 0.0271. The molecule has 0 spiro atoms. The van der Waals surface area contributed by atoms with Crippen molar-refractivity contribution in [1.29, 1.82) is 0 Å². The molecule has 3 nitrogen and oxygen atoms in total. The number of fused-ring (bicyclic) bond motifs is 1. The first-order valence-electron chi connectivity index (χ1n) is 5.70. The molecular formula is C14H13NO2S. The smallest absolute Gasteiger partial charge is 0.251 e. The fourth-order valence-electron chi connectivity index (χ4n) is 1.70. The highest BCUT2D eigenvalue weighted by Crippen LogP contribution is 2.16. The Morgan fingerprint density at radius 1 is 1.50 bits per heavy atom. The van der Waals surface area contributed by atoms with Gasteiger partial charge in [-0.2, -0.15) is 0 Å². The monoisotopic (exact) mass is 259 g/mol. The molecule has 1 heterocycles. The maximum Gasteiger partial charge on any atom is 0.251 e. The largest absolute Gasteiger partial charge is 0.348 e. The SMILES string of the molecule is CC(=O)SCCC#Cc1ccc2c(c1)C(=O)NC2. The minimum Gasteiger partial charge on any atom is -0.348 e. The van der Waals surface area contributed by atoms with Crippen molar-refractivity contribution in [2.75, 3.05) is 5.75 Å². The van der Waals surface area contributed by atoms with Gasteiger partial charge >= 0.3 is 0 Å². The molecule has 1 aliphatic rings. The Hall–Kier alpha value is -1.73. The van der Waals surface area contributed by atoms with Crippen LogP contribution in [0.3, 0.4) is 0 Å². The van der Waals surface area contributed by atoms with Crippen molar-refractivity contribution in [3.63, 3.8) is 0 Å². The summed E-state index contributed by atoms with van der Waals surface area (Å²) < 4.78 is 0. The number of hydrogen-bond donors (Lipinski definition) is 1. The first-order valence-corrected chi connectivity index (χ1v) is 6.69. The highest BCUT2D eigenvalue weighted by atomic mass is 32.2. The first kappa shape index (κ1) is 12.7. The second kappa shape index (κ2) is 5.74. The molecule has 1 N–H and O–H groups in total. The number of amides is 1. The van der Waals surface area contributed by atoms with E-state index in [1.165, 1.54) is 11.8 Å². The molecule has 0 saturated carbocycles. The average molecular weight is 259 g/mol. The van der Waals surface area contributed by atoms with Gasteiger partial charge in [-0.25, -0.2) is 0 Å². The molecule has 0 saturated heterocycles. The van der Waals surface area contributed by atoms with Crippen molar-refractivity contribution in [3.05, 3.63) is 34.9 Å². The molecule has 0 aromatic heterocycles. The zero-order valence-corrected chi connectivity index (χ0v) is 10.9. The predicted molar refractivity (Wildman–Crippen MR) is 72.2 cm³/mol. The Balaban J connectivity index is 1.98. The second-order valence-corrected chi connectivity index (χ2v) is 5.22. The van der Waals surface area contributed by atoms with E-state index in [1.54, 1.807) is 6.92 Å². The number of hydrogen-bond acceptors (Lipinski definition) is 3. The van der Waals surface area contributed by atoms with Gasteiger partial charge in [0.1, 0.15) is 0 Å². The zero-order valence-electron chi connectivity index (χ0n) is 10.1. The lowest BCUT2D eigenvalue weighted by Gasteiger charge is -1.96. The third-order valence-corrected chi connectivity index (χ3v) is 3.37. The van der Waals surface area contributed by atoms with Crippen LogP contribution in [0.2, 0.25) is 0 Å². The maximum absolute atomic E-state index is 11.5. The van der Waals surface area contributed by atoms with Crippen LogP contribution in [0.15, 0.2) is 18.2 Å². The van der Waals surface area contributed by atoms with Crippen LogP contribution in [0, 0.1) is 11.8 Å². The first-order chi connectivity index (χ1) is 8.66. The molecule has 1 aliphatic heterocycles. The Bertz CT molecular complexity index is 555. The van der Waals surface area contributed by atoms with E-state index in [-0.39, 0.29) is 11.0 Å². The van der Waals surface area contributed by atoms with E-state index in [2.05, 4.69) is 17.2 Å². The van der Waals surface area contributed by atoms with Gasteiger partial charge in [0.25, 0.3) is 5.91 Å². The summed E-state index contributed by atoms with van der Waals surface area (Å²) in [4.78, 5) is 22.2.